The van der Waals surface area contributed by atoms with Gasteiger partial charge in [-0.2, -0.15) is 9.97 Å². The Bertz CT molecular complexity index is 7510. The molecule has 8 aromatic heterocycles. The van der Waals surface area contributed by atoms with Crippen LogP contribution in [0, 0.1) is 0 Å². The van der Waals surface area contributed by atoms with Crippen LogP contribution in [-0.4, -0.2) is 48.2 Å². The third-order valence-electron chi connectivity index (χ3n) is 21.8. The van der Waals surface area contributed by atoms with Crippen LogP contribution in [0.2, 0.25) is 5.28 Å². The normalized spacial score (nSPS) is 13.5. The average Bonchev–Trinajstić information content (AvgIpc) is 1.60. The zero-order valence-electron chi connectivity index (χ0n) is 60.8. The van der Waals surface area contributed by atoms with E-state index in [9.17, 15) is 0 Å². The zero-order valence-corrected chi connectivity index (χ0v) is 61.5. The number of fused-ring (bicyclic) bond motifs is 18. The van der Waals surface area contributed by atoms with Crippen molar-refractivity contribution in [3.05, 3.63) is 309 Å². The first-order chi connectivity index (χ1) is 54.8. The van der Waals surface area contributed by atoms with Gasteiger partial charge in [-0.15, -0.1) is 0 Å². The average molecular weight is 1470 g/mol. The molecule has 1 aliphatic heterocycles. The minimum atomic E-state index is -0.413. The molecule has 14 nitrogen and oxygen atoms in total. The summed E-state index contributed by atoms with van der Waals surface area (Å²) in [6.45, 7) is 8.27. The van der Waals surface area contributed by atoms with E-state index in [0.717, 1.165) is 187 Å². The molecule has 0 radical (unpaired) electrons. The van der Waals surface area contributed by atoms with Crippen molar-refractivity contribution in [2.45, 2.75) is 38.9 Å². The summed E-state index contributed by atoms with van der Waals surface area (Å²) < 4.78 is 49.9. The minimum Gasteiger partial charge on any atom is -0.456 e. The van der Waals surface area contributed by atoms with Crippen LogP contribution in [-0.2, 0) is 9.31 Å². The Balaban J connectivity index is 0.000000113. The lowest BCUT2D eigenvalue weighted by molar-refractivity contribution is 0.00578. The predicted octanol–water partition coefficient (Wildman–Crippen LogP) is 25.4. The van der Waals surface area contributed by atoms with Crippen LogP contribution < -0.4 is 5.46 Å². The van der Waals surface area contributed by atoms with Gasteiger partial charge in [0.05, 0.1) is 22.3 Å². The Hall–Kier alpha value is -13.8. The fraction of sp³-hybridized carbons (Fsp3) is 0.0625. The second-order valence-corrected chi connectivity index (χ2v) is 29.5. The maximum absolute atomic E-state index is 6.43. The SMILES string of the molecule is CC1(C)OB(c2ccc3c(c2)oc2ccc(-c4ccc5c(c4)oc4ccccc45)cc23)OC1(C)C.Clc1nc(-c2ccccc2)nc(-c2cccc3c2oc2ccccc23)n1.c1ccc(-c2nc(-c3ccc4c(c3)oc3ccc(-c5ccc6c(c5)oc5ccccc56)cc34)nc(-c3cccc4c3oc3ccccc34)n2)cc1. The van der Waals surface area contributed by atoms with Crippen LogP contribution in [0.3, 0.4) is 0 Å². The molecule has 0 bridgehead atoms. The van der Waals surface area contributed by atoms with E-state index in [0.29, 0.717) is 29.1 Å². The number of aromatic nitrogens is 6. The molecule has 0 N–H and O–H groups in total. The van der Waals surface area contributed by atoms with E-state index in [1.165, 1.54) is 0 Å². The molecule has 9 heterocycles. The van der Waals surface area contributed by atoms with Gasteiger partial charge in [0.15, 0.2) is 29.1 Å². The molecule has 22 aromatic rings. The number of hydrogen-bond acceptors (Lipinski definition) is 14. The highest BCUT2D eigenvalue weighted by Gasteiger charge is 2.52. The van der Waals surface area contributed by atoms with Crippen LogP contribution in [0.15, 0.2) is 330 Å². The maximum atomic E-state index is 6.43. The second-order valence-electron chi connectivity index (χ2n) is 29.2. The lowest BCUT2D eigenvalue weighted by Gasteiger charge is -2.32. The van der Waals surface area contributed by atoms with Crippen LogP contribution in [0.25, 0.3) is 211 Å². The maximum Gasteiger partial charge on any atom is 0.494 e. The summed E-state index contributed by atoms with van der Waals surface area (Å²) in [7, 11) is -0.413. The molecule has 1 fully saturated rings. The molecule has 1 saturated heterocycles. The monoisotopic (exact) mass is 1470 g/mol. The van der Waals surface area contributed by atoms with Crippen molar-refractivity contribution < 1.29 is 35.8 Å². The van der Waals surface area contributed by atoms with Gasteiger partial charge in [-0.25, -0.2) is 19.9 Å². The van der Waals surface area contributed by atoms with E-state index in [2.05, 4.69) is 152 Å². The molecule has 0 amide bonds. The molecule has 0 spiro atoms. The minimum absolute atomic E-state index is 0.155. The van der Waals surface area contributed by atoms with Crippen molar-refractivity contribution in [2.24, 2.45) is 0 Å². The molecule has 1 aliphatic rings. The highest BCUT2D eigenvalue weighted by Crippen LogP contribution is 2.43. The quantitative estimate of drug-likeness (QED) is 0.131. The lowest BCUT2D eigenvalue weighted by atomic mass is 9.79. The van der Waals surface area contributed by atoms with Crippen molar-refractivity contribution >= 4 is 156 Å². The van der Waals surface area contributed by atoms with Gasteiger partial charge < -0.3 is 35.8 Å². The Morgan fingerprint density at radius 1 is 0.232 bits per heavy atom. The van der Waals surface area contributed by atoms with Gasteiger partial charge in [-0.3, -0.25) is 0 Å². The van der Waals surface area contributed by atoms with Crippen molar-refractivity contribution in [1.29, 1.82) is 0 Å². The molecule has 14 aromatic carbocycles. The first-order valence-electron chi connectivity index (χ1n) is 37.0. The number of rotatable bonds is 8. The van der Waals surface area contributed by atoms with E-state index in [1.54, 1.807) is 0 Å². The van der Waals surface area contributed by atoms with Crippen molar-refractivity contribution in [2.75, 3.05) is 0 Å². The molecular formula is C96H62BClN6O8. The molecule has 0 saturated carbocycles. The fourth-order valence-electron chi connectivity index (χ4n) is 15.4. The second kappa shape index (κ2) is 26.2. The molecular weight excluding hydrogens is 1410 g/mol. The van der Waals surface area contributed by atoms with Crippen LogP contribution in [0.4, 0.5) is 0 Å². The van der Waals surface area contributed by atoms with Crippen molar-refractivity contribution in [1.82, 2.24) is 29.9 Å². The van der Waals surface area contributed by atoms with Crippen molar-refractivity contribution in [3.63, 3.8) is 0 Å². The molecule has 0 aliphatic carbocycles. The van der Waals surface area contributed by atoms with Crippen molar-refractivity contribution in [3.8, 4) is 79.2 Å². The van der Waals surface area contributed by atoms with Crippen LogP contribution in [0.5, 0.6) is 0 Å². The summed E-state index contributed by atoms with van der Waals surface area (Å²) in [4.78, 5) is 28.2. The number of nitrogens with zero attached hydrogens (tertiary/aromatic N) is 6. The number of halogens is 1. The topological polar surface area (TPSA) is 175 Å². The van der Waals surface area contributed by atoms with Gasteiger partial charge in [0.1, 0.15) is 67.0 Å². The Labute approximate surface area is 644 Å². The number of benzene rings is 14. The van der Waals surface area contributed by atoms with Gasteiger partial charge in [-0.05, 0) is 170 Å². The standard InChI is InChI=1S/C45H25N3O3.C30H25BO4.C21H12ClN3O/c1-2-9-26(10-3-1)43-46-44(48-45(47-43)35-14-8-13-34-31-12-5-7-16-38(31)51-42(34)35)29-18-21-33-36-23-27(19-22-39(36)50-41(33)25-29)28-17-20-32-30-11-4-6-15-37(30)49-40(32)24-28;1-29(2)30(3,4)35-31(34-29)20-11-13-23-24-15-18(10-14-26(24)33-28(23)17-20)19-9-12-22-21-7-5-6-8-25(21)32-27(22)16-19;22-21-24-19(13-7-2-1-3-8-13)23-20(25-21)16-11-6-10-15-14-9-4-5-12-17(14)26-18(15)16/h1-25H;5-17H,1-4H3;1-12H. The fourth-order valence-corrected chi connectivity index (χ4v) is 15.5. The van der Waals surface area contributed by atoms with Gasteiger partial charge in [0, 0.05) is 81.3 Å². The van der Waals surface area contributed by atoms with E-state index in [-0.39, 0.29) is 16.5 Å². The van der Waals surface area contributed by atoms with E-state index >= 15 is 0 Å². The van der Waals surface area contributed by atoms with Gasteiger partial charge in [-0.1, -0.05) is 200 Å². The van der Waals surface area contributed by atoms with Gasteiger partial charge >= 0.3 is 7.12 Å². The number of para-hydroxylation sites is 6. The Morgan fingerprint density at radius 2 is 0.545 bits per heavy atom. The third-order valence-corrected chi connectivity index (χ3v) is 21.9. The molecule has 23 rings (SSSR count). The van der Waals surface area contributed by atoms with Crippen LogP contribution in [0.1, 0.15) is 27.7 Å². The molecule has 16 heteroatoms. The zero-order chi connectivity index (χ0) is 74.9. The summed E-state index contributed by atoms with van der Waals surface area (Å²) in [6, 6.07) is 102. The van der Waals surface area contributed by atoms with Gasteiger partial charge in [0.2, 0.25) is 5.28 Å². The molecule has 0 unspecified atom stereocenters. The summed E-state index contributed by atoms with van der Waals surface area (Å²) in [5.74, 6) is 2.70. The smallest absolute Gasteiger partial charge is 0.456 e. The molecule has 112 heavy (non-hydrogen) atoms. The summed E-state index contributed by atoms with van der Waals surface area (Å²) in [5, 5.41) is 13.0. The van der Waals surface area contributed by atoms with E-state index < -0.39 is 7.12 Å². The Morgan fingerprint density at radius 3 is 1.03 bits per heavy atom. The highest BCUT2D eigenvalue weighted by molar-refractivity contribution is 6.62. The molecule has 534 valence electrons. The van der Waals surface area contributed by atoms with E-state index in [1.807, 2.05) is 194 Å². The predicted molar refractivity (Wildman–Crippen MR) is 449 cm³/mol. The third kappa shape index (κ3) is 11.5. The van der Waals surface area contributed by atoms with Gasteiger partial charge in [0.25, 0.3) is 0 Å². The largest absolute Gasteiger partial charge is 0.494 e. The molecule has 0 atom stereocenters. The first-order valence-corrected chi connectivity index (χ1v) is 37.4. The number of furan rings is 6. The highest BCUT2D eigenvalue weighted by atomic mass is 35.5. The lowest BCUT2D eigenvalue weighted by Crippen LogP contribution is -2.41. The Kier molecular flexibility index (Phi) is 15.5. The van der Waals surface area contributed by atoms with Crippen LogP contribution >= 0.6 is 11.6 Å². The van der Waals surface area contributed by atoms with E-state index in [4.69, 9.17) is 62.4 Å². The summed E-state index contributed by atoms with van der Waals surface area (Å²) in [6.07, 6.45) is 0. The summed E-state index contributed by atoms with van der Waals surface area (Å²) >= 11 is 6.19. The summed E-state index contributed by atoms with van der Waals surface area (Å²) in [5.41, 5.74) is 18.8. The first kappa shape index (κ1) is 66.4. The number of hydrogen-bond donors (Lipinski definition) is 0.